The standard InChI is InChI=1S/C24H32FN/c25-17-3-1-2-4-19-5-9-21(10-6-19)23-13-15-24(16-14-23)22-11-7-20(18-26)8-12-22/h3,7-8,11-12,17,19,21,23-24H,1-2,4-6,9-10,13-16H2/b17-3+/t19-,21-,23?,24?. The predicted molar refractivity (Wildman–Crippen MR) is 105 cm³/mol. The van der Waals surface area contributed by atoms with Crippen molar-refractivity contribution < 1.29 is 4.39 Å². The van der Waals surface area contributed by atoms with Crippen LogP contribution >= 0.6 is 0 Å². The summed E-state index contributed by atoms with van der Waals surface area (Å²) in [6.07, 6.45) is 16.6. The van der Waals surface area contributed by atoms with Crippen molar-refractivity contribution in [1.29, 1.82) is 5.26 Å². The van der Waals surface area contributed by atoms with Gasteiger partial charge < -0.3 is 0 Å². The molecule has 0 N–H and O–H groups in total. The smallest absolute Gasteiger partial charge is 0.0991 e. The minimum absolute atomic E-state index is 0.686. The second-order valence-electron chi connectivity index (χ2n) is 8.42. The third-order valence-corrected chi connectivity index (χ3v) is 6.91. The topological polar surface area (TPSA) is 23.8 Å². The second kappa shape index (κ2) is 9.91. The highest BCUT2D eigenvalue weighted by Crippen LogP contribution is 2.44. The lowest BCUT2D eigenvalue weighted by Crippen LogP contribution is -2.25. The molecule has 0 saturated heterocycles. The fraction of sp³-hybridized carbons (Fsp3) is 0.625. The van der Waals surface area contributed by atoms with Crippen molar-refractivity contribution in [2.75, 3.05) is 0 Å². The minimum atomic E-state index is 0.686. The number of benzene rings is 1. The molecule has 2 saturated carbocycles. The van der Waals surface area contributed by atoms with Gasteiger partial charge in [0.15, 0.2) is 0 Å². The Labute approximate surface area is 158 Å². The number of allylic oxidation sites excluding steroid dienone is 1. The Hall–Kier alpha value is -1.62. The molecule has 0 amide bonds. The number of rotatable bonds is 6. The van der Waals surface area contributed by atoms with Crippen LogP contribution in [0.5, 0.6) is 0 Å². The van der Waals surface area contributed by atoms with E-state index in [0.29, 0.717) is 12.2 Å². The molecule has 0 atom stereocenters. The van der Waals surface area contributed by atoms with Crippen LogP contribution in [-0.4, -0.2) is 0 Å². The van der Waals surface area contributed by atoms with Crippen LogP contribution in [0.25, 0.3) is 0 Å². The van der Waals surface area contributed by atoms with Crippen LogP contribution in [-0.2, 0) is 0 Å². The Morgan fingerprint density at radius 3 is 2.12 bits per heavy atom. The van der Waals surface area contributed by atoms with Gasteiger partial charge in [0.1, 0.15) is 0 Å². The van der Waals surface area contributed by atoms with Gasteiger partial charge in [-0.2, -0.15) is 5.26 Å². The first kappa shape index (κ1) is 19.2. The van der Waals surface area contributed by atoms with E-state index < -0.39 is 0 Å². The van der Waals surface area contributed by atoms with Crippen molar-refractivity contribution in [3.8, 4) is 6.07 Å². The number of halogens is 1. The molecule has 0 radical (unpaired) electrons. The van der Waals surface area contributed by atoms with Gasteiger partial charge in [0.2, 0.25) is 0 Å². The third kappa shape index (κ3) is 5.19. The molecule has 0 unspecified atom stereocenters. The Kier molecular flexibility index (Phi) is 7.30. The van der Waals surface area contributed by atoms with E-state index in [1.165, 1.54) is 63.4 Å². The van der Waals surface area contributed by atoms with Crippen LogP contribution in [0.4, 0.5) is 4.39 Å². The van der Waals surface area contributed by atoms with Crippen molar-refractivity contribution in [2.24, 2.45) is 17.8 Å². The maximum absolute atomic E-state index is 12.0. The fourth-order valence-corrected chi connectivity index (χ4v) is 5.29. The molecule has 26 heavy (non-hydrogen) atoms. The van der Waals surface area contributed by atoms with Crippen LogP contribution in [0.2, 0.25) is 0 Å². The quantitative estimate of drug-likeness (QED) is 0.492. The molecule has 140 valence electrons. The molecular formula is C24H32FN. The molecule has 2 aliphatic rings. The first-order valence-corrected chi connectivity index (χ1v) is 10.6. The highest BCUT2D eigenvalue weighted by atomic mass is 19.1. The predicted octanol–water partition coefficient (Wildman–Crippen LogP) is 7.29. The zero-order valence-electron chi connectivity index (χ0n) is 15.9. The van der Waals surface area contributed by atoms with E-state index in [4.69, 9.17) is 5.26 Å². The summed E-state index contributed by atoms with van der Waals surface area (Å²) in [5.74, 6) is 3.45. The normalized spacial score (nSPS) is 29.5. The summed E-state index contributed by atoms with van der Waals surface area (Å²) in [7, 11) is 0. The molecular weight excluding hydrogens is 321 g/mol. The maximum atomic E-state index is 12.0. The van der Waals surface area contributed by atoms with E-state index in [0.717, 1.165) is 36.2 Å². The van der Waals surface area contributed by atoms with Gasteiger partial charge in [-0.3, -0.25) is 0 Å². The number of nitrogens with zero attached hydrogens (tertiary/aromatic N) is 1. The van der Waals surface area contributed by atoms with Crippen molar-refractivity contribution in [3.05, 3.63) is 47.8 Å². The molecule has 1 aromatic carbocycles. The Morgan fingerprint density at radius 2 is 1.54 bits per heavy atom. The van der Waals surface area contributed by atoms with Gasteiger partial charge in [0.05, 0.1) is 18.0 Å². The summed E-state index contributed by atoms with van der Waals surface area (Å²) in [6.45, 7) is 0. The van der Waals surface area contributed by atoms with E-state index in [1.807, 2.05) is 12.1 Å². The average Bonchev–Trinajstić information content (AvgIpc) is 2.72. The molecule has 2 heteroatoms. The molecule has 1 aromatic rings. The van der Waals surface area contributed by atoms with Crippen LogP contribution in [0.3, 0.4) is 0 Å². The van der Waals surface area contributed by atoms with E-state index >= 15 is 0 Å². The zero-order valence-corrected chi connectivity index (χ0v) is 15.9. The highest BCUT2D eigenvalue weighted by molar-refractivity contribution is 5.33. The van der Waals surface area contributed by atoms with Gasteiger partial charge in [-0.05, 0) is 92.7 Å². The van der Waals surface area contributed by atoms with Crippen molar-refractivity contribution in [2.45, 2.75) is 76.5 Å². The summed E-state index contributed by atoms with van der Waals surface area (Å²) < 4.78 is 12.0. The molecule has 0 aromatic heterocycles. The number of unbranched alkanes of at least 4 members (excludes halogenated alkanes) is 1. The molecule has 0 heterocycles. The molecule has 0 spiro atoms. The number of hydrogen-bond donors (Lipinski definition) is 0. The molecule has 0 bridgehead atoms. The summed E-state index contributed by atoms with van der Waals surface area (Å²) >= 11 is 0. The highest BCUT2D eigenvalue weighted by Gasteiger charge is 2.31. The van der Waals surface area contributed by atoms with E-state index in [2.05, 4.69) is 18.2 Å². The second-order valence-corrected chi connectivity index (χ2v) is 8.42. The summed E-state index contributed by atoms with van der Waals surface area (Å²) in [5, 5.41) is 8.94. The Balaban J connectivity index is 1.39. The summed E-state index contributed by atoms with van der Waals surface area (Å²) in [6, 6.07) is 10.5. The monoisotopic (exact) mass is 353 g/mol. The molecule has 3 rings (SSSR count). The summed E-state index contributed by atoms with van der Waals surface area (Å²) in [5.41, 5.74) is 2.19. The number of nitriles is 1. The van der Waals surface area contributed by atoms with E-state index in [1.54, 1.807) is 6.08 Å². The fourth-order valence-electron chi connectivity index (χ4n) is 5.29. The van der Waals surface area contributed by atoms with Crippen molar-refractivity contribution >= 4 is 0 Å². The van der Waals surface area contributed by atoms with Crippen molar-refractivity contribution in [3.63, 3.8) is 0 Å². The lowest BCUT2D eigenvalue weighted by molar-refractivity contribution is 0.156. The average molecular weight is 354 g/mol. The molecule has 0 aliphatic heterocycles. The van der Waals surface area contributed by atoms with Gasteiger partial charge in [-0.1, -0.05) is 37.5 Å². The van der Waals surface area contributed by atoms with E-state index in [9.17, 15) is 4.39 Å². The van der Waals surface area contributed by atoms with Gasteiger partial charge in [0, 0.05) is 0 Å². The van der Waals surface area contributed by atoms with Gasteiger partial charge in [-0.15, -0.1) is 0 Å². The van der Waals surface area contributed by atoms with Crippen LogP contribution in [0.15, 0.2) is 36.7 Å². The lowest BCUT2D eigenvalue weighted by Gasteiger charge is -2.38. The first-order valence-electron chi connectivity index (χ1n) is 10.6. The summed E-state index contributed by atoms with van der Waals surface area (Å²) in [4.78, 5) is 0. The largest absolute Gasteiger partial charge is 0.216 e. The zero-order chi connectivity index (χ0) is 18.2. The van der Waals surface area contributed by atoms with Crippen LogP contribution in [0, 0.1) is 29.1 Å². The lowest BCUT2D eigenvalue weighted by atomic mass is 9.68. The third-order valence-electron chi connectivity index (χ3n) is 6.91. The Bertz CT molecular complexity index is 596. The molecule has 1 nitrogen and oxygen atoms in total. The van der Waals surface area contributed by atoms with Crippen molar-refractivity contribution in [1.82, 2.24) is 0 Å². The maximum Gasteiger partial charge on any atom is 0.0991 e. The Morgan fingerprint density at radius 1 is 0.923 bits per heavy atom. The molecule has 2 fully saturated rings. The minimum Gasteiger partial charge on any atom is -0.216 e. The van der Waals surface area contributed by atoms with Gasteiger partial charge in [-0.25, -0.2) is 4.39 Å². The van der Waals surface area contributed by atoms with E-state index in [-0.39, 0.29) is 0 Å². The van der Waals surface area contributed by atoms with Gasteiger partial charge in [0.25, 0.3) is 0 Å². The van der Waals surface area contributed by atoms with Crippen LogP contribution in [0.1, 0.15) is 87.7 Å². The number of hydrogen-bond acceptors (Lipinski definition) is 1. The SMILES string of the molecule is N#Cc1ccc(C2CCC([C@H]3CC[C@H](CCC/C=C/F)CC3)CC2)cc1. The van der Waals surface area contributed by atoms with Crippen LogP contribution < -0.4 is 0 Å². The first-order chi connectivity index (χ1) is 12.8. The molecule has 2 aliphatic carbocycles. The van der Waals surface area contributed by atoms with Gasteiger partial charge >= 0.3 is 0 Å².